The molecule has 34 heavy (non-hydrogen) atoms. The summed E-state index contributed by atoms with van der Waals surface area (Å²) in [5, 5.41) is 17.8. The van der Waals surface area contributed by atoms with Gasteiger partial charge < -0.3 is 14.7 Å². The summed E-state index contributed by atoms with van der Waals surface area (Å²) in [6.07, 6.45) is 2.04. The van der Waals surface area contributed by atoms with E-state index in [2.05, 4.69) is 10.3 Å². The fraction of sp³-hybridized carbons (Fsp3) is 0.609. The Morgan fingerprint density at radius 3 is 2.82 bits per heavy atom. The minimum Gasteiger partial charge on any atom is -0.394 e. The number of aromatic nitrogens is 3. The summed E-state index contributed by atoms with van der Waals surface area (Å²) in [7, 11) is -2.19. The molecule has 1 aromatic carbocycles. The molecule has 0 aliphatic carbocycles. The van der Waals surface area contributed by atoms with Gasteiger partial charge in [0.05, 0.1) is 42.1 Å². The molecule has 0 radical (unpaired) electrons. The molecule has 10 nitrogen and oxygen atoms in total. The van der Waals surface area contributed by atoms with Crippen LogP contribution in [0.25, 0.3) is 0 Å². The number of nitrogens with zero attached hydrogens (tertiary/aromatic N) is 5. The Morgan fingerprint density at radius 2 is 2.12 bits per heavy atom. The summed E-state index contributed by atoms with van der Waals surface area (Å²) >= 11 is 0. The van der Waals surface area contributed by atoms with Gasteiger partial charge in [0, 0.05) is 39.0 Å². The first-order valence-electron chi connectivity index (χ1n) is 11.6. The molecule has 11 heteroatoms. The molecule has 0 spiro atoms. The number of benzene rings is 1. The lowest BCUT2D eigenvalue weighted by Gasteiger charge is -2.35. The van der Waals surface area contributed by atoms with Crippen molar-refractivity contribution in [2.24, 2.45) is 5.92 Å². The predicted molar refractivity (Wildman–Crippen MR) is 126 cm³/mol. The molecule has 1 N–H and O–H groups in total. The number of likely N-dealkylation sites (N-methyl/N-ethyl adjacent to an activating group) is 1. The zero-order valence-electron chi connectivity index (χ0n) is 20.3. The smallest absolute Gasteiger partial charge is 0.242 e. The highest BCUT2D eigenvalue weighted by molar-refractivity contribution is 7.89. The number of rotatable bonds is 6. The Balaban J connectivity index is 1.87. The molecule has 0 saturated carbocycles. The van der Waals surface area contributed by atoms with Gasteiger partial charge in [-0.1, -0.05) is 24.3 Å². The van der Waals surface area contributed by atoms with E-state index >= 15 is 0 Å². The summed E-state index contributed by atoms with van der Waals surface area (Å²) < 4.78 is 35.7. The molecular formula is C23H35N5O5S. The monoisotopic (exact) mass is 493 g/mol. The molecule has 2 heterocycles. The number of aliphatic hydroxyl groups excluding tert-OH is 1. The van der Waals surface area contributed by atoms with Crippen molar-refractivity contribution in [3.63, 3.8) is 0 Å². The molecule has 3 rings (SSSR count). The molecule has 1 aliphatic heterocycles. The van der Waals surface area contributed by atoms with Crippen molar-refractivity contribution in [1.29, 1.82) is 0 Å². The molecule has 0 saturated heterocycles. The van der Waals surface area contributed by atoms with E-state index < -0.39 is 16.1 Å². The highest BCUT2D eigenvalue weighted by Crippen LogP contribution is 2.21. The van der Waals surface area contributed by atoms with E-state index in [0.717, 1.165) is 11.3 Å². The van der Waals surface area contributed by atoms with Gasteiger partial charge >= 0.3 is 0 Å². The van der Waals surface area contributed by atoms with Gasteiger partial charge in [0.25, 0.3) is 0 Å². The number of ether oxygens (including phenoxy) is 1. The number of fused-ring (bicyclic) bond motifs is 1. The number of amides is 1. The third-order valence-corrected chi connectivity index (χ3v) is 8.09. The second-order valence-electron chi connectivity index (χ2n) is 9.06. The van der Waals surface area contributed by atoms with E-state index in [1.807, 2.05) is 19.9 Å². The molecule has 1 aliphatic rings. The van der Waals surface area contributed by atoms with E-state index in [1.54, 1.807) is 40.9 Å². The van der Waals surface area contributed by atoms with Gasteiger partial charge in [0.1, 0.15) is 0 Å². The molecule has 1 amide bonds. The minimum absolute atomic E-state index is 0.0601. The molecule has 2 aromatic rings. The Bertz CT molecular complexity index is 1070. The number of aryl methyl sites for hydroxylation is 2. The van der Waals surface area contributed by atoms with Gasteiger partial charge in [-0.15, -0.1) is 5.10 Å². The number of aliphatic hydroxyl groups is 1. The third-order valence-electron chi connectivity index (χ3n) is 6.27. The lowest BCUT2D eigenvalue weighted by atomic mass is 10.0. The molecule has 1 aromatic heterocycles. The summed E-state index contributed by atoms with van der Waals surface area (Å²) in [4.78, 5) is 14.8. The first-order valence-corrected chi connectivity index (χ1v) is 13.0. The Kier molecular flexibility index (Phi) is 8.80. The summed E-state index contributed by atoms with van der Waals surface area (Å²) in [6, 6.07) is 6.44. The van der Waals surface area contributed by atoms with Crippen LogP contribution in [0.3, 0.4) is 0 Å². The molecule has 0 unspecified atom stereocenters. The summed E-state index contributed by atoms with van der Waals surface area (Å²) in [6.45, 7) is 6.63. The fourth-order valence-electron chi connectivity index (χ4n) is 4.05. The van der Waals surface area contributed by atoms with Crippen LogP contribution in [0.1, 0.15) is 37.9 Å². The second kappa shape index (κ2) is 11.4. The van der Waals surface area contributed by atoms with Crippen LogP contribution in [0.15, 0.2) is 35.4 Å². The van der Waals surface area contributed by atoms with E-state index in [4.69, 9.17) is 4.74 Å². The number of sulfonamides is 1. The van der Waals surface area contributed by atoms with Gasteiger partial charge in [-0.3, -0.25) is 4.79 Å². The number of hydrogen-bond acceptors (Lipinski definition) is 7. The fourth-order valence-corrected chi connectivity index (χ4v) is 5.34. The van der Waals surface area contributed by atoms with Crippen molar-refractivity contribution in [2.75, 3.05) is 26.7 Å². The lowest BCUT2D eigenvalue weighted by Crippen LogP contribution is -2.47. The van der Waals surface area contributed by atoms with Crippen LogP contribution in [0.4, 0.5) is 0 Å². The second-order valence-corrected chi connectivity index (χ2v) is 11.1. The lowest BCUT2D eigenvalue weighted by molar-refractivity contribution is -0.136. The predicted octanol–water partition coefficient (Wildman–Crippen LogP) is 1.43. The first-order chi connectivity index (χ1) is 16.1. The van der Waals surface area contributed by atoms with E-state index in [0.29, 0.717) is 25.9 Å². The van der Waals surface area contributed by atoms with Crippen LogP contribution in [0.2, 0.25) is 0 Å². The van der Waals surface area contributed by atoms with E-state index in [-0.39, 0.29) is 42.5 Å². The van der Waals surface area contributed by atoms with Crippen LogP contribution in [-0.4, -0.2) is 82.5 Å². The summed E-state index contributed by atoms with van der Waals surface area (Å²) in [5.41, 5.74) is 1.63. The van der Waals surface area contributed by atoms with Gasteiger partial charge in [-0.25, -0.2) is 13.1 Å². The van der Waals surface area contributed by atoms with Gasteiger partial charge in [-0.2, -0.15) is 4.31 Å². The van der Waals surface area contributed by atoms with Crippen molar-refractivity contribution in [3.8, 4) is 0 Å². The van der Waals surface area contributed by atoms with Gasteiger partial charge in [0.2, 0.25) is 15.9 Å². The molecule has 0 bridgehead atoms. The first kappa shape index (κ1) is 26.3. The highest BCUT2D eigenvalue weighted by Gasteiger charge is 2.31. The number of carbonyl (C=O) groups is 1. The highest BCUT2D eigenvalue weighted by atomic mass is 32.2. The van der Waals surface area contributed by atoms with Crippen LogP contribution >= 0.6 is 0 Å². The Hall–Kier alpha value is -2.34. The van der Waals surface area contributed by atoms with Crippen LogP contribution in [0.5, 0.6) is 0 Å². The normalized spacial score (nSPS) is 21.6. The number of hydrogen-bond donors (Lipinski definition) is 1. The zero-order chi connectivity index (χ0) is 24.9. The van der Waals surface area contributed by atoms with Gasteiger partial charge in [0.15, 0.2) is 0 Å². The summed E-state index contributed by atoms with van der Waals surface area (Å²) in [5.74, 6) is -0.257. The maximum Gasteiger partial charge on any atom is 0.242 e. The van der Waals surface area contributed by atoms with Crippen molar-refractivity contribution in [1.82, 2.24) is 24.2 Å². The van der Waals surface area contributed by atoms with Gasteiger partial charge in [-0.05, 0) is 38.0 Å². The Labute approximate surface area is 201 Å². The number of carbonyl (C=O) groups excluding carboxylic acids is 1. The SMILES string of the molecule is Cc1cccc(S(=O)(=O)N(C)C[C@H]2OCc3cnnn3CCCC(=O)N([C@@H](C)CO)C[C@H]2C)c1. The van der Waals surface area contributed by atoms with Crippen molar-refractivity contribution < 1.29 is 23.1 Å². The molecule has 3 atom stereocenters. The average Bonchev–Trinajstić information content (AvgIpc) is 3.25. The molecule has 0 fully saturated rings. The largest absolute Gasteiger partial charge is 0.394 e. The van der Waals surface area contributed by atoms with Crippen molar-refractivity contribution in [2.45, 2.75) is 63.8 Å². The Morgan fingerprint density at radius 1 is 1.35 bits per heavy atom. The quantitative estimate of drug-likeness (QED) is 0.647. The molecule has 188 valence electrons. The maximum atomic E-state index is 13.2. The van der Waals surface area contributed by atoms with E-state index in [1.165, 1.54) is 11.4 Å². The zero-order valence-corrected chi connectivity index (χ0v) is 21.1. The topological polar surface area (TPSA) is 118 Å². The average molecular weight is 494 g/mol. The van der Waals surface area contributed by atoms with E-state index in [9.17, 15) is 18.3 Å². The van der Waals surface area contributed by atoms with Crippen LogP contribution in [0, 0.1) is 12.8 Å². The van der Waals surface area contributed by atoms with Crippen LogP contribution < -0.4 is 0 Å². The standard InChI is InChI=1S/C23H35N5O5S/c1-17-7-5-8-21(11-17)34(31,32)26(4)14-22-18(2)13-27(19(3)15-29)23(30)9-6-10-28-20(16-33-22)12-24-25-28/h5,7-8,11-12,18-19,22,29H,6,9-10,13-16H2,1-4H3/t18-,19+,22-/m1/s1. The third kappa shape index (κ3) is 6.21. The van der Waals surface area contributed by atoms with Crippen molar-refractivity contribution in [3.05, 3.63) is 41.7 Å². The molecular weight excluding hydrogens is 458 g/mol. The van der Waals surface area contributed by atoms with Crippen molar-refractivity contribution >= 4 is 15.9 Å². The minimum atomic E-state index is -3.73. The maximum absolute atomic E-state index is 13.2. The van der Waals surface area contributed by atoms with Crippen LogP contribution in [-0.2, 0) is 32.7 Å².